The number of rotatable bonds is 2. The van der Waals surface area contributed by atoms with E-state index in [1.54, 1.807) is 0 Å². The van der Waals surface area contributed by atoms with Crippen molar-refractivity contribution in [3.63, 3.8) is 0 Å². The smallest absolute Gasteiger partial charge is 0.138 e. The van der Waals surface area contributed by atoms with Crippen LogP contribution in [0.4, 0.5) is 0 Å². The molecule has 0 aliphatic carbocycles. The summed E-state index contributed by atoms with van der Waals surface area (Å²) in [5.74, 6) is 0. The minimum atomic E-state index is 0.946. The topological polar surface area (TPSA) is 18.1 Å². The summed E-state index contributed by atoms with van der Waals surface area (Å²) in [6.45, 7) is 4.29. The first-order chi connectivity index (χ1) is 16.7. The summed E-state index contributed by atoms with van der Waals surface area (Å²) in [7, 11) is 0. The summed E-state index contributed by atoms with van der Waals surface area (Å²) < 4.78 is 8.70. The SMILES string of the molecule is Cc1cccc2c1oc1cc(-c3cccc(-n4c5ccccc5c5ccccc54)c3)cc(C)c12. The van der Waals surface area contributed by atoms with Crippen LogP contribution in [0.2, 0.25) is 0 Å². The van der Waals surface area contributed by atoms with E-state index in [1.165, 1.54) is 54.8 Å². The average molecular weight is 438 g/mol. The molecule has 0 saturated carbocycles. The molecule has 2 nitrogen and oxygen atoms in total. The predicted octanol–water partition coefficient (Wildman–Crippen LogP) is 8.97. The van der Waals surface area contributed by atoms with Crippen LogP contribution in [0.15, 0.2) is 108 Å². The number of aryl methyl sites for hydroxylation is 2. The van der Waals surface area contributed by atoms with E-state index in [1.807, 2.05) is 0 Å². The number of hydrogen-bond acceptors (Lipinski definition) is 1. The summed E-state index contributed by atoms with van der Waals surface area (Å²) in [6.07, 6.45) is 0. The molecule has 0 N–H and O–H groups in total. The first kappa shape index (κ1) is 19.2. The van der Waals surface area contributed by atoms with Crippen molar-refractivity contribution in [2.75, 3.05) is 0 Å². The quantitative estimate of drug-likeness (QED) is 0.264. The van der Waals surface area contributed by atoms with Crippen molar-refractivity contribution in [3.8, 4) is 16.8 Å². The highest BCUT2D eigenvalue weighted by Crippen LogP contribution is 2.37. The Morgan fingerprint density at radius 3 is 2.00 bits per heavy atom. The van der Waals surface area contributed by atoms with Gasteiger partial charge in [0.1, 0.15) is 11.2 Å². The summed E-state index contributed by atoms with van der Waals surface area (Å²) in [4.78, 5) is 0. The van der Waals surface area contributed by atoms with Gasteiger partial charge in [0.05, 0.1) is 11.0 Å². The molecule has 7 aromatic rings. The molecule has 2 heteroatoms. The fourth-order valence-electron chi connectivity index (χ4n) is 5.47. The Balaban J connectivity index is 1.46. The third-order valence-electron chi connectivity index (χ3n) is 7.01. The van der Waals surface area contributed by atoms with Gasteiger partial charge in [-0.1, -0.05) is 72.8 Å². The Morgan fingerprint density at radius 2 is 1.24 bits per heavy atom. The summed E-state index contributed by atoms with van der Waals surface area (Å²) in [5, 5.41) is 4.95. The third-order valence-corrected chi connectivity index (χ3v) is 7.01. The van der Waals surface area contributed by atoms with Crippen LogP contribution in [-0.4, -0.2) is 4.57 Å². The molecular formula is C32H23NO. The molecule has 0 unspecified atom stereocenters. The molecule has 0 atom stereocenters. The Hall–Kier alpha value is -4.30. The largest absolute Gasteiger partial charge is 0.456 e. The lowest BCUT2D eigenvalue weighted by atomic mass is 9.99. The van der Waals surface area contributed by atoms with Crippen LogP contribution in [-0.2, 0) is 0 Å². The van der Waals surface area contributed by atoms with Crippen LogP contribution in [0.3, 0.4) is 0 Å². The van der Waals surface area contributed by atoms with E-state index in [2.05, 4.69) is 122 Å². The Morgan fingerprint density at radius 1 is 0.559 bits per heavy atom. The van der Waals surface area contributed by atoms with Crippen molar-refractivity contribution in [2.45, 2.75) is 13.8 Å². The lowest BCUT2D eigenvalue weighted by molar-refractivity contribution is 0.666. The van der Waals surface area contributed by atoms with Gasteiger partial charge in [0, 0.05) is 27.2 Å². The van der Waals surface area contributed by atoms with Crippen LogP contribution >= 0.6 is 0 Å². The van der Waals surface area contributed by atoms with Crippen LogP contribution in [0.25, 0.3) is 60.6 Å². The minimum absolute atomic E-state index is 0.946. The maximum atomic E-state index is 6.34. The third kappa shape index (κ3) is 2.69. The van der Waals surface area contributed by atoms with E-state index in [-0.39, 0.29) is 0 Å². The second-order valence-corrected chi connectivity index (χ2v) is 9.14. The van der Waals surface area contributed by atoms with Crippen molar-refractivity contribution in [2.24, 2.45) is 0 Å². The normalized spacial score (nSPS) is 11.8. The number of benzene rings is 5. The van der Waals surface area contributed by atoms with Gasteiger partial charge in [-0.3, -0.25) is 0 Å². The number of aromatic nitrogens is 1. The van der Waals surface area contributed by atoms with Crippen molar-refractivity contribution in [1.29, 1.82) is 0 Å². The summed E-state index contributed by atoms with van der Waals surface area (Å²) in [5.41, 5.74) is 10.3. The molecule has 162 valence electrons. The van der Waals surface area contributed by atoms with Crippen molar-refractivity contribution < 1.29 is 4.42 Å². The van der Waals surface area contributed by atoms with Gasteiger partial charge in [-0.2, -0.15) is 0 Å². The van der Waals surface area contributed by atoms with Crippen LogP contribution < -0.4 is 0 Å². The van der Waals surface area contributed by atoms with Crippen LogP contribution in [0.1, 0.15) is 11.1 Å². The van der Waals surface area contributed by atoms with Crippen molar-refractivity contribution >= 4 is 43.7 Å². The Bertz CT molecular complexity index is 1830. The molecule has 0 amide bonds. The molecule has 0 saturated heterocycles. The summed E-state index contributed by atoms with van der Waals surface area (Å²) in [6, 6.07) is 36.9. The average Bonchev–Trinajstić information content (AvgIpc) is 3.41. The lowest BCUT2D eigenvalue weighted by Crippen LogP contribution is -1.94. The highest BCUT2D eigenvalue weighted by Gasteiger charge is 2.15. The fourth-order valence-corrected chi connectivity index (χ4v) is 5.47. The van der Waals surface area contributed by atoms with Gasteiger partial charge < -0.3 is 8.98 Å². The molecule has 0 radical (unpaired) electrons. The summed E-state index contributed by atoms with van der Waals surface area (Å²) >= 11 is 0. The van der Waals surface area contributed by atoms with E-state index in [9.17, 15) is 0 Å². The van der Waals surface area contributed by atoms with Crippen LogP contribution in [0.5, 0.6) is 0 Å². The Labute approximate surface area is 197 Å². The lowest BCUT2D eigenvalue weighted by Gasteiger charge is -2.11. The first-order valence-corrected chi connectivity index (χ1v) is 11.7. The van der Waals surface area contributed by atoms with Crippen molar-refractivity contribution in [1.82, 2.24) is 4.57 Å². The number of hydrogen-bond donors (Lipinski definition) is 0. The van der Waals surface area contributed by atoms with Crippen molar-refractivity contribution in [3.05, 3.63) is 114 Å². The zero-order valence-corrected chi connectivity index (χ0v) is 19.2. The fraction of sp³-hybridized carbons (Fsp3) is 0.0625. The van der Waals surface area contributed by atoms with Gasteiger partial charge in [0.25, 0.3) is 0 Å². The van der Waals surface area contributed by atoms with E-state index < -0.39 is 0 Å². The van der Waals surface area contributed by atoms with Gasteiger partial charge in [-0.15, -0.1) is 0 Å². The molecule has 34 heavy (non-hydrogen) atoms. The standard InChI is InChI=1S/C32H23NO/c1-20-9-7-14-27-31-21(2)17-23(19-30(31)34-32(20)27)22-10-8-11-24(18-22)33-28-15-5-3-12-25(28)26-13-4-6-16-29(26)33/h3-19H,1-2H3. The molecule has 7 rings (SSSR count). The van der Waals surface area contributed by atoms with Gasteiger partial charge >= 0.3 is 0 Å². The van der Waals surface area contributed by atoms with Gasteiger partial charge in [-0.05, 0) is 66.4 Å². The maximum absolute atomic E-state index is 6.34. The second kappa shape index (κ2) is 7.10. The molecule has 0 aliphatic heterocycles. The van der Waals surface area contributed by atoms with E-state index in [0.29, 0.717) is 0 Å². The zero-order valence-electron chi connectivity index (χ0n) is 19.2. The molecule has 0 spiro atoms. The predicted molar refractivity (Wildman–Crippen MR) is 143 cm³/mol. The maximum Gasteiger partial charge on any atom is 0.138 e. The van der Waals surface area contributed by atoms with E-state index >= 15 is 0 Å². The highest BCUT2D eigenvalue weighted by molar-refractivity contribution is 6.10. The number of fused-ring (bicyclic) bond motifs is 6. The molecule has 2 aromatic heterocycles. The highest BCUT2D eigenvalue weighted by atomic mass is 16.3. The second-order valence-electron chi connectivity index (χ2n) is 9.14. The number of furan rings is 1. The number of nitrogens with zero attached hydrogens (tertiary/aromatic N) is 1. The minimum Gasteiger partial charge on any atom is -0.456 e. The number of para-hydroxylation sites is 3. The van der Waals surface area contributed by atoms with Gasteiger partial charge in [0.2, 0.25) is 0 Å². The van der Waals surface area contributed by atoms with E-state index in [0.717, 1.165) is 16.9 Å². The Kier molecular flexibility index (Phi) is 4.01. The van der Waals surface area contributed by atoms with E-state index in [4.69, 9.17) is 4.42 Å². The molecule has 2 heterocycles. The molecule has 0 fully saturated rings. The van der Waals surface area contributed by atoms with Crippen LogP contribution in [0, 0.1) is 13.8 Å². The first-order valence-electron chi connectivity index (χ1n) is 11.7. The molecule has 0 aliphatic rings. The molecular weight excluding hydrogens is 414 g/mol. The van der Waals surface area contributed by atoms with Gasteiger partial charge in [0.15, 0.2) is 0 Å². The van der Waals surface area contributed by atoms with Gasteiger partial charge in [-0.25, -0.2) is 0 Å². The molecule has 0 bridgehead atoms. The zero-order chi connectivity index (χ0) is 22.8. The monoisotopic (exact) mass is 437 g/mol. The molecule has 5 aromatic carbocycles.